The molecule has 3 amide bonds. The number of aryl methyl sites for hydroxylation is 1. The SMILES string of the molecule is Cc1ccccc1C(CC(=O)N(C)CCC(=O)O)NC(N)=O. The monoisotopic (exact) mass is 307 g/mol. The van der Waals surface area contributed by atoms with E-state index in [2.05, 4.69) is 5.32 Å². The molecule has 1 unspecified atom stereocenters. The Bertz CT molecular complexity index is 559. The van der Waals surface area contributed by atoms with Crippen molar-refractivity contribution in [3.05, 3.63) is 35.4 Å². The molecule has 1 atom stereocenters. The number of carboxylic acid groups (broad SMARTS) is 1. The number of carbonyl (C=O) groups excluding carboxylic acids is 2. The summed E-state index contributed by atoms with van der Waals surface area (Å²) < 4.78 is 0. The number of carbonyl (C=O) groups is 3. The van der Waals surface area contributed by atoms with Gasteiger partial charge in [0.05, 0.1) is 18.9 Å². The Morgan fingerprint density at radius 1 is 1.32 bits per heavy atom. The second kappa shape index (κ2) is 8.02. The van der Waals surface area contributed by atoms with Crippen LogP contribution < -0.4 is 11.1 Å². The Morgan fingerprint density at radius 2 is 1.95 bits per heavy atom. The van der Waals surface area contributed by atoms with Crippen LogP contribution in [0.15, 0.2) is 24.3 Å². The first-order valence-electron chi connectivity index (χ1n) is 6.88. The van der Waals surface area contributed by atoms with Crippen molar-refractivity contribution >= 4 is 17.9 Å². The van der Waals surface area contributed by atoms with E-state index >= 15 is 0 Å². The quantitative estimate of drug-likeness (QED) is 0.698. The molecule has 7 heteroatoms. The van der Waals surface area contributed by atoms with Gasteiger partial charge in [-0.05, 0) is 18.1 Å². The molecule has 0 aliphatic rings. The van der Waals surface area contributed by atoms with E-state index < -0.39 is 18.0 Å². The van der Waals surface area contributed by atoms with Gasteiger partial charge in [0.15, 0.2) is 0 Å². The van der Waals surface area contributed by atoms with Crippen molar-refractivity contribution in [2.75, 3.05) is 13.6 Å². The van der Waals surface area contributed by atoms with Crippen molar-refractivity contribution in [1.29, 1.82) is 0 Å². The lowest BCUT2D eigenvalue weighted by molar-refractivity contribution is -0.138. The molecule has 1 aromatic carbocycles. The minimum absolute atomic E-state index is 0.0178. The first-order valence-corrected chi connectivity index (χ1v) is 6.88. The van der Waals surface area contributed by atoms with Gasteiger partial charge < -0.3 is 21.1 Å². The molecule has 7 nitrogen and oxygen atoms in total. The largest absolute Gasteiger partial charge is 0.481 e. The van der Waals surface area contributed by atoms with Crippen molar-refractivity contribution in [3.63, 3.8) is 0 Å². The molecule has 0 aromatic heterocycles. The highest BCUT2D eigenvalue weighted by Gasteiger charge is 2.21. The Kier molecular flexibility index (Phi) is 6.37. The number of primary amides is 1. The van der Waals surface area contributed by atoms with Crippen LogP contribution in [0.3, 0.4) is 0 Å². The van der Waals surface area contributed by atoms with Gasteiger partial charge in [-0.1, -0.05) is 24.3 Å². The zero-order valence-electron chi connectivity index (χ0n) is 12.7. The molecule has 120 valence electrons. The van der Waals surface area contributed by atoms with Crippen molar-refractivity contribution in [2.45, 2.75) is 25.8 Å². The van der Waals surface area contributed by atoms with Gasteiger partial charge in [-0.15, -0.1) is 0 Å². The number of nitrogens with zero attached hydrogens (tertiary/aromatic N) is 1. The summed E-state index contributed by atoms with van der Waals surface area (Å²) in [7, 11) is 1.53. The van der Waals surface area contributed by atoms with Crippen LogP contribution in [0, 0.1) is 6.92 Å². The van der Waals surface area contributed by atoms with Crippen LogP contribution in [0.4, 0.5) is 4.79 Å². The maximum atomic E-state index is 12.2. The highest BCUT2D eigenvalue weighted by Crippen LogP contribution is 2.21. The third kappa shape index (κ3) is 5.43. The van der Waals surface area contributed by atoms with Gasteiger partial charge in [0, 0.05) is 13.6 Å². The number of nitrogens with two attached hydrogens (primary N) is 1. The molecular formula is C15H21N3O4. The molecule has 4 N–H and O–H groups in total. The van der Waals surface area contributed by atoms with Crippen LogP contribution in [0.1, 0.15) is 30.0 Å². The van der Waals surface area contributed by atoms with Crippen LogP contribution in [0.2, 0.25) is 0 Å². The van der Waals surface area contributed by atoms with Gasteiger partial charge in [0.1, 0.15) is 0 Å². The first-order chi connectivity index (χ1) is 10.3. The van der Waals surface area contributed by atoms with Gasteiger partial charge >= 0.3 is 12.0 Å². The van der Waals surface area contributed by atoms with Crippen LogP contribution >= 0.6 is 0 Å². The van der Waals surface area contributed by atoms with Gasteiger partial charge in [-0.25, -0.2) is 4.79 Å². The van der Waals surface area contributed by atoms with Crippen LogP contribution in [0.5, 0.6) is 0 Å². The van der Waals surface area contributed by atoms with E-state index in [0.717, 1.165) is 11.1 Å². The second-order valence-corrected chi connectivity index (χ2v) is 5.08. The molecular weight excluding hydrogens is 286 g/mol. The molecule has 0 aliphatic carbocycles. The fourth-order valence-electron chi connectivity index (χ4n) is 2.11. The first kappa shape index (κ1) is 17.5. The molecule has 0 heterocycles. The molecule has 0 saturated carbocycles. The predicted octanol–water partition coefficient (Wildman–Crippen LogP) is 1.03. The number of rotatable bonds is 7. The number of hydrogen-bond donors (Lipinski definition) is 3. The molecule has 0 saturated heterocycles. The molecule has 1 aromatic rings. The summed E-state index contributed by atoms with van der Waals surface area (Å²) in [5.74, 6) is -1.23. The number of aliphatic carboxylic acids is 1. The smallest absolute Gasteiger partial charge is 0.312 e. The molecule has 0 radical (unpaired) electrons. The minimum Gasteiger partial charge on any atom is -0.481 e. The lowest BCUT2D eigenvalue weighted by Gasteiger charge is -2.23. The third-order valence-corrected chi connectivity index (χ3v) is 3.35. The fourth-order valence-corrected chi connectivity index (χ4v) is 2.11. The summed E-state index contributed by atoms with van der Waals surface area (Å²) >= 11 is 0. The average molecular weight is 307 g/mol. The Balaban J connectivity index is 2.81. The van der Waals surface area contributed by atoms with Crippen molar-refractivity contribution < 1.29 is 19.5 Å². The summed E-state index contributed by atoms with van der Waals surface area (Å²) in [4.78, 5) is 35.2. The second-order valence-electron chi connectivity index (χ2n) is 5.08. The zero-order chi connectivity index (χ0) is 16.7. The third-order valence-electron chi connectivity index (χ3n) is 3.35. The van der Waals surface area contributed by atoms with E-state index in [1.165, 1.54) is 11.9 Å². The molecule has 1 rings (SSSR count). The van der Waals surface area contributed by atoms with Crippen molar-refractivity contribution in [1.82, 2.24) is 10.2 Å². The number of hydrogen-bond acceptors (Lipinski definition) is 3. The van der Waals surface area contributed by atoms with E-state index in [4.69, 9.17) is 10.8 Å². The summed E-state index contributed by atoms with van der Waals surface area (Å²) in [5, 5.41) is 11.2. The molecule has 0 spiro atoms. The van der Waals surface area contributed by atoms with Crippen molar-refractivity contribution in [3.8, 4) is 0 Å². The van der Waals surface area contributed by atoms with E-state index in [1.54, 1.807) is 0 Å². The van der Waals surface area contributed by atoms with Crippen molar-refractivity contribution in [2.24, 2.45) is 5.73 Å². The van der Waals surface area contributed by atoms with Crippen LogP contribution in [-0.2, 0) is 9.59 Å². The number of nitrogens with one attached hydrogen (secondary N) is 1. The normalized spacial score (nSPS) is 11.5. The predicted molar refractivity (Wildman–Crippen MR) is 81.1 cm³/mol. The summed E-state index contributed by atoms with van der Waals surface area (Å²) in [5.41, 5.74) is 6.92. The minimum atomic E-state index is -0.967. The lowest BCUT2D eigenvalue weighted by atomic mass is 9.98. The van der Waals surface area contributed by atoms with Crippen LogP contribution in [0.25, 0.3) is 0 Å². The van der Waals surface area contributed by atoms with Gasteiger partial charge in [-0.2, -0.15) is 0 Å². The highest BCUT2D eigenvalue weighted by atomic mass is 16.4. The van der Waals surface area contributed by atoms with Crippen LogP contribution in [-0.4, -0.2) is 41.5 Å². The lowest BCUT2D eigenvalue weighted by Crippen LogP contribution is -2.38. The molecule has 0 fully saturated rings. The summed E-state index contributed by atoms with van der Waals surface area (Å²) in [6.45, 7) is 1.99. The Hall–Kier alpha value is -2.57. The molecule has 0 aliphatic heterocycles. The highest BCUT2D eigenvalue weighted by molar-refractivity contribution is 5.79. The van der Waals surface area contributed by atoms with Gasteiger partial charge in [0.25, 0.3) is 0 Å². The van der Waals surface area contributed by atoms with E-state index in [1.807, 2.05) is 31.2 Å². The number of urea groups is 1. The summed E-state index contributed by atoms with van der Waals surface area (Å²) in [6.07, 6.45) is -0.107. The molecule has 22 heavy (non-hydrogen) atoms. The number of benzene rings is 1. The fraction of sp³-hybridized carbons (Fsp3) is 0.400. The van der Waals surface area contributed by atoms with E-state index in [9.17, 15) is 14.4 Å². The topological polar surface area (TPSA) is 113 Å². The Labute approximate surface area is 129 Å². The van der Waals surface area contributed by atoms with Gasteiger partial charge in [-0.3, -0.25) is 9.59 Å². The zero-order valence-corrected chi connectivity index (χ0v) is 12.7. The molecule has 0 bridgehead atoms. The van der Waals surface area contributed by atoms with E-state index in [0.29, 0.717) is 0 Å². The summed E-state index contributed by atoms with van der Waals surface area (Å²) in [6, 6.07) is 6.12. The number of amides is 3. The maximum absolute atomic E-state index is 12.2. The maximum Gasteiger partial charge on any atom is 0.312 e. The van der Waals surface area contributed by atoms with E-state index in [-0.39, 0.29) is 25.3 Å². The average Bonchev–Trinajstić information content (AvgIpc) is 2.43. The van der Waals surface area contributed by atoms with Gasteiger partial charge in [0.2, 0.25) is 5.91 Å². The standard InChI is InChI=1S/C15H21N3O4/c1-10-5-3-4-6-11(10)12(17-15(16)22)9-13(19)18(2)8-7-14(20)21/h3-6,12H,7-9H2,1-2H3,(H,20,21)(H3,16,17,22). The number of carboxylic acids is 1. The Morgan fingerprint density at radius 3 is 2.50 bits per heavy atom.